The Bertz CT molecular complexity index is 494. The van der Waals surface area contributed by atoms with Gasteiger partial charge < -0.3 is 14.6 Å². The van der Waals surface area contributed by atoms with E-state index in [1.54, 1.807) is 0 Å². The average Bonchev–Trinajstić information content (AvgIpc) is 2.88. The third kappa shape index (κ3) is 3.07. The fourth-order valence-corrected chi connectivity index (χ4v) is 2.99. The van der Waals surface area contributed by atoms with Crippen molar-refractivity contribution in [1.82, 2.24) is 15.2 Å². The quantitative estimate of drug-likeness (QED) is 0.927. The summed E-state index contributed by atoms with van der Waals surface area (Å²) >= 11 is 0. The smallest absolute Gasteiger partial charge is 0.289 e. The molecule has 2 heterocycles. The van der Waals surface area contributed by atoms with Crippen LogP contribution in [-0.2, 0) is 0 Å². The van der Waals surface area contributed by atoms with E-state index in [0.717, 1.165) is 32.3 Å². The molecule has 0 spiro atoms. The van der Waals surface area contributed by atoms with Gasteiger partial charge in [0.05, 0.1) is 0 Å². The van der Waals surface area contributed by atoms with E-state index in [4.69, 9.17) is 4.42 Å². The van der Waals surface area contributed by atoms with E-state index < -0.39 is 18.0 Å². The monoisotopic (exact) mass is 299 g/mol. The van der Waals surface area contributed by atoms with E-state index >= 15 is 0 Å². The van der Waals surface area contributed by atoms with Crippen molar-refractivity contribution in [2.45, 2.75) is 50.6 Å². The van der Waals surface area contributed by atoms with Crippen molar-refractivity contribution in [2.24, 2.45) is 0 Å². The summed E-state index contributed by atoms with van der Waals surface area (Å²) in [6.07, 6.45) is 3.63. The van der Waals surface area contributed by atoms with Gasteiger partial charge in [-0.15, -0.1) is 0 Å². The Balaban J connectivity index is 1.52. The van der Waals surface area contributed by atoms with E-state index in [2.05, 4.69) is 15.2 Å². The van der Waals surface area contributed by atoms with E-state index in [1.807, 2.05) is 0 Å². The van der Waals surface area contributed by atoms with Crippen molar-refractivity contribution in [1.29, 1.82) is 0 Å². The van der Waals surface area contributed by atoms with Crippen molar-refractivity contribution in [3.05, 3.63) is 17.8 Å². The average molecular weight is 299 g/mol. The Kier molecular flexibility index (Phi) is 4.19. The van der Waals surface area contributed by atoms with Crippen molar-refractivity contribution >= 4 is 5.91 Å². The molecule has 1 saturated heterocycles. The number of carbonyl (C=O) groups excluding carboxylic acids is 1. The highest BCUT2D eigenvalue weighted by atomic mass is 19.3. The number of carbonyl (C=O) groups is 1. The Morgan fingerprint density at radius 1 is 1.33 bits per heavy atom. The minimum Gasteiger partial charge on any atom is -0.438 e. The van der Waals surface area contributed by atoms with Crippen molar-refractivity contribution in [3.8, 4) is 0 Å². The predicted molar refractivity (Wildman–Crippen MR) is 71.2 cm³/mol. The molecule has 1 aromatic heterocycles. The maximum absolute atomic E-state index is 12.7. The molecule has 2 aliphatic rings. The molecule has 116 valence electrons. The first kappa shape index (κ1) is 14.4. The third-order valence-corrected chi connectivity index (χ3v) is 4.46. The molecule has 0 atom stereocenters. The van der Waals surface area contributed by atoms with Crippen LogP contribution in [0, 0.1) is 0 Å². The standard InChI is InChI=1S/C14H19F2N3O2/c15-13(16)11-12(21-8-17-11)14(20)18-9-4-6-19(7-5-9)10-2-1-3-10/h8-10,13H,1-7H2,(H,18,20). The molecular weight excluding hydrogens is 280 g/mol. The van der Waals surface area contributed by atoms with Gasteiger partial charge in [0, 0.05) is 25.2 Å². The number of rotatable bonds is 4. The van der Waals surface area contributed by atoms with Crippen molar-refractivity contribution in [3.63, 3.8) is 0 Å². The maximum Gasteiger partial charge on any atom is 0.289 e. The van der Waals surface area contributed by atoms with Crippen LogP contribution in [0.4, 0.5) is 8.78 Å². The first-order valence-electron chi connectivity index (χ1n) is 7.41. The van der Waals surface area contributed by atoms with Crippen LogP contribution in [0.25, 0.3) is 0 Å². The minimum atomic E-state index is -2.80. The largest absolute Gasteiger partial charge is 0.438 e. The molecule has 2 fully saturated rings. The molecule has 0 unspecified atom stereocenters. The van der Waals surface area contributed by atoms with Crippen LogP contribution in [0.2, 0.25) is 0 Å². The van der Waals surface area contributed by atoms with E-state index in [1.165, 1.54) is 19.3 Å². The number of aromatic nitrogens is 1. The Labute approximate surface area is 121 Å². The first-order valence-corrected chi connectivity index (χ1v) is 7.41. The van der Waals surface area contributed by atoms with Gasteiger partial charge in [-0.25, -0.2) is 13.8 Å². The summed E-state index contributed by atoms with van der Waals surface area (Å²) in [5.74, 6) is -0.962. The molecule has 21 heavy (non-hydrogen) atoms. The van der Waals surface area contributed by atoms with Gasteiger partial charge in [-0.1, -0.05) is 6.42 Å². The Morgan fingerprint density at radius 3 is 2.62 bits per heavy atom. The molecule has 1 amide bonds. The predicted octanol–water partition coefficient (Wildman–Crippen LogP) is 2.36. The summed E-state index contributed by atoms with van der Waals surface area (Å²) in [6.45, 7) is 1.90. The summed E-state index contributed by atoms with van der Waals surface area (Å²) in [5.41, 5.74) is -0.584. The number of piperidine rings is 1. The van der Waals surface area contributed by atoms with Crippen LogP contribution in [-0.4, -0.2) is 41.0 Å². The topological polar surface area (TPSA) is 58.4 Å². The number of nitrogens with one attached hydrogen (secondary N) is 1. The Hall–Kier alpha value is -1.50. The second-order valence-electron chi connectivity index (χ2n) is 5.74. The minimum absolute atomic E-state index is 0.0180. The first-order chi connectivity index (χ1) is 10.1. The molecule has 1 N–H and O–H groups in total. The SMILES string of the molecule is O=C(NC1CCN(C2CCC2)CC1)c1ocnc1C(F)F. The van der Waals surface area contributed by atoms with E-state index in [0.29, 0.717) is 6.04 Å². The van der Waals surface area contributed by atoms with Gasteiger partial charge in [0.15, 0.2) is 12.1 Å². The van der Waals surface area contributed by atoms with E-state index in [-0.39, 0.29) is 11.8 Å². The van der Waals surface area contributed by atoms with Gasteiger partial charge in [-0.05, 0) is 25.7 Å². The highest BCUT2D eigenvalue weighted by Gasteiger charge is 2.30. The zero-order chi connectivity index (χ0) is 14.8. The fraction of sp³-hybridized carbons (Fsp3) is 0.714. The van der Waals surface area contributed by atoms with Gasteiger partial charge in [0.1, 0.15) is 0 Å². The van der Waals surface area contributed by atoms with Gasteiger partial charge in [0.2, 0.25) is 5.76 Å². The molecule has 1 aliphatic carbocycles. The maximum atomic E-state index is 12.7. The molecule has 1 aliphatic heterocycles. The van der Waals surface area contributed by atoms with Gasteiger partial charge in [-0.2, -0.15) is 0 Å². The molecule has 3 rings (SSSR count). The normalized spacial score (nSPS) is 21.5. The molecule has 1 saturated carbocycles. The zero-order valence-electron chi connectivity index (χ0n) is 11.7. The van der Waals surface area contributed by atoms with Crippen LogP contribution >= 0.6 is 0 Å². The fourth-order valence-electron chi connectivity index (χ4n) is 2.99. The lowest BCUT2D eigenvalue weighted by atomic mass is 9.89. The van der Waals surface area contributed by atoms with Gasteiger partial charge >= 0.3 is 0 Å². The lowest BCUT2D eigenvalue weighted by molar-refractivity contribution is 0.0772. The second-order valence-corrected chi connectivity index (χ2v) is 5.74. The molecule has 5 nitrogen and oxygen atoms in total. The summed E-state index contributed by atoms with van der Waals surface area (Å²) in [5, 5.41) is 2.78. The Morgan fingerprint density at radius 2 is 2.05 bits per heavy atom. The number of oxazole rings is 1. The summed E-state index contributed by atoms with van der Waals surface area (Å²) in [7, 11) is 0. The summed E-state index contributed by atoms with van der Waals surface area (Å²) in [4.78, 5) is 17.9. The molecule has 1 aromatic rings. The molecule has 7 heteroatoms. The number of nitrogens with zero attached hydrogens (tertiary/aromatic N) is 2. The lowest BCUT2D eigenvalue weighted by Gasteiger charge is -2.41. The number of likely N-dealkylation sites (tertiary alicyclic amines) is 1. The van der Waals surface area contributed by atoms with Crippen LogP contribution in [0.15, 0.2) is 10.8 Å². The van der Waals surface area contributed by atoms with Gasteiger partial charge in [0.25, 0.3) is 12.3 Å². The van der Waals surface area contributed by atoms with E-state index in [9.17, 15) is 13.6 Å². The summed E-state index contributed by atoms with van der Waals surface area (Å²) < 4.78 is 30.2. The number of alkyl halides is 2. The number of halogens is 2. The number of hydrogen-bond acceptors (Lipinski definition) is 4. The lowest BCUT2D eigenvalue weighted by Crippen LogP contribution is -2.49. The number of amides is 1. The van der Waals surface area contributed by atoms with Gasteiger partial charge in [-0.3, -0.25) is 4.79 Å². The van der Waals surface area contributed by atoms with Crippen LogP contribution < -0.4 is 5.32 Å². The highest BCUT2D eigenvalue weighted by molar-refractivity contribution is 5.92. The van der Waals surface area contributed by atoms with Crippen molar-refractivity contribution in [2.75, 3.05) is 13.1 Å². The molecular formula is C14H19F2N3O2. The highest BCUT2D eigenvalue weighted by Crippen LogP contribution is 2.27. The summed E-state index contributed by atoms with van der Waals surface area (Å²) in [6, 6.07) is 0.728. The van der Waals surface area contributed by atoms with Crippen LogP contribution in [0.1, 0.15) is 54.8 Å². The van der Waals surface area contributed by atoms with Crippen LogP contribution in [0.5, 0.6) is 0 Å². The van der Waals surface area contributed by atoms with Crippen molar-refractivity contribution < 1.29 is 18.0 Å². The third-order valence-electron chi connectivity index (χ3n) is 4.46. The number of hydrogen-bond donors (Lipinski definition) is 1. The molecule has 0 bridgehead atoms. The zero-order valence-corrected chi connectivity index (χ0v) is 11.7. The molecule has 0 radical (unpaired) electrons. The van der Waals surface area contributed by atoms with Crippen LogP contribution in [0.3, 0.4) is 0 Å². The molecule has 0 aromatic carbocycles. The second kappa shape index (κ2) is 6.09.